The van der Waals surface area contributed by atoms with Crippen LogP contribution in [0.1, 0.15) is 24.8 Å². The molecule has 1 unspecified atom stereocenters. The molecule has 1 aromatic carbocycles. The van der Waals surface area contributed by atoms with Gasteiger partial charge in [-0.2, -0.15) is 21.6 Å². The summed E-state index contributed by atoms with van der Waals surface area (Å²) in [7, 11) is -6.09. The second-order valence-electron chi connectivity index (χ2n) is 5.44. The Bertz CT molecular complexity index is 645. The zero-order chi connectivity index (χ0) is 18.0. The fraction of sp³-hybridized carbons (Fsp3) is 0.571. The average Bonchev–Trinajstić information content (AvgIpc) is 2.48. The van der Waals surface area contributed by atoms with Crippen LogP contribution < -0.4 is 0 Å². The second kappa shape index (κ2) is 6.93. The molecular weight excluding hydrogens is 359 g/mol. The zero-order valence-corrected chi connectivity index (χ0v) is 13.1. The SMILES string of the molecule is O=S(=O)(OC1C[C@@H](OCc2ccccc2)CCC1(F)F)C(F)(F)F. The highest BCUT2D eigenvalue weighted by Crippen LogP contribution is 2.39. The molecule has 1 saturated carbocycles. The maximum absolute atomic E-state index is 13.7. The summed E-state index contributed by atoms with van der Waals surface area (Å²) in [6.45, 7) is 0.0792. The van der Waals surface area contributed by atoms with Crippen LogP contribution in [0.15, 0.2) is 30.3 Å². The molecule has 4 nitrogen and oxygen atoms in total. The summed E-state index contributed by atoms with van der Waals surface area (Å²) in [6, 6.07) is 8.74. The van der Waals surface area contributed by atoms with Gasteiger partial charge in [0.2, 0.25) is 0 Å². The lowest BCUT2D eigenvalue weighted by atomic mass is 9.91. The Hall–Kier alpha value is -1.26. The van der Waals surface area contributed by atoms with E-state index >= 15 is 0 Å². The van der Waals surface area contributed by atoms with Gasteiger partial charge in [0.15, 0.2) is 0 Å². The maximum Gasteiger partial charge on any atom is 0.523 e. The molecule has 1 aliphatic carbocycles. The molecule has 0 radical (unpaired) electrons. The molecule has 0 aromatic heterocycles. The van der Waals surface area contributed by atoms with Gasteiger partial charge in [0, 0.05) is 12.8 Å². The van der Waals surface area contributed by atoms with E-state index in [0.29, 0.717) is 0 Å². The van der Waals surface area contributed by atoms with E-state index < -0.39 is 46.6 Å². The Kier molecular flexibility index (Phi) is 5.50. The molecule has 0 amide bonds. The van der Waals surface area contributed by atoms with Crippen LogP contribution in [-0.4, -0.2) is 32.1 Å². The van der Waals surface area contributed by atoms with Crippen molar-refractivity contribution in [1.29, 1.82) is 0 Å². The Balaban J connectivity index is 2.01. The van der Waals surface area contributed by atoms with Gasteiger partial charge >= 0.3 is 15.6 Å². The molecule has 1 aromatic rings. The van der Waals surface area contributed by atoms with Crippen LogP contribution in [0.25, 0.3) is 0 Å². The molecule has 0 heterocycles. The summed E-state index contributed by atoms with van der Waals surface area (Å²) in [5.41, 5.74) is -4.99. The minimum Gasteiger partial charge on any atom is -0.373 e. The van der Waals surface area contributed by atoms with E-state index in [2.05, 4.69) is 4.18 Å². The monoisotopic (exact) mass is 374 g/mol. The highest BCUT2D eigenvalue weighted by Gasteiger charge is 2.54. The molecule has 0 saturated heterocycles. The van der Waals surface area contributed by atoms with Gasteiger partial charge in [-0.3, -0.25) is 4.18 Å². The first-order valence-electron chi connectivity index (χ1n) is 7.04. The topological polar surface area (TPSA) is 52.6 Å². The molecule has 0 spiro atoms. The molecule has 1 fully saturated rings. The number of ether oxygens (including phenoxy) is 1. The van der Waals surface area contributed by atoms with E-state index in [1.54, 1.807) is 30.3 Å². The summed E-state index contributed by atoms with van der Waals surface area (Å²) in [6.07, 6.45) is -4.79. The van der Waals surface area contributed by atoms with Gasteiger partial charge in [-0.15, -0.1) is 0 Å². The van der Waals surface area contributed by atoms with Crippen molar-refractivity contribution in [3.8, 4) is 0 Å². The molecule has 10 heteroatoms. The van der Waals surface area contributed by atoms with Crippen molar-refractivity contribution in [2.45, 2.75) is 49.5 Å². The lowest BCUT2D eigenvalue weighted by molar-refractivity contribution is -0.157. The number of rotatable bonds is 5. The van der Waals surface area contributed by atoms with Crippen LogP contribution in [-0.2, 0) is 25.6 Å². The van der Waals surface area contributed by atoms with Crippen LogP contribution in [0.3, 0.4) is 0 Å². The van der Waals surface area contributed by atoms with Crippen LogP contribution in [0.4, 0.5) is 22.0 Å². The van der Waals surface area contributed by atoms with Gasteiger partial charge in [0.05, 0.1) is 12.7 Å². The van der Waals surface area contributed by atoms with Gasteiger partial charge < -0.3 is 4.74 Å². The highest BCUT2D eigenvalue weighted by molar-refractivity contribution is 7.87. The van der Waals surface area contributed by atoms with Crippen LogP contribution in [0.2, 0.25) is 0 Å². The van der Waals surface area contributed by atoms with Gasteiger partial charge in [0.1, 0.15) is 6.10 Å². The quantitative estimate of drug-likeness (QED) is 0.449. The standard InChI is InChI=1S/C14H15F5O4S/c15-13(16)7-6-11(22-9-10-4-2-1-3-5-10)8-12(13)23-24(20,21)14(17,18)19/h1-5,11-12H,6-9H2/t11-,12?/m0/s1. The first-order valence-corrected chi connectivity index (χ1v) is 8.45. The molecule has 136 valence electrons. The third-order valence-electron chi connectivity index (χ3n) is 3.60. The molecule has 24 heavy (non-hydrogen) atoms. The number of hydrogen-bond donors (Lipinski definition) is 0. The third kappa shape index (κ3) is 4.64. The molecule has 2 atom stereocenters. The number of halogens is 5. The molecule has 0 N–H and O–H groups in total. The summed E-state index contributed by atoms with van der Waals surface area (Å²) in [5, 5.41) is 0. The molecular formula is C14H15F5O4S. The summed E-state index contributed by atoms with van der Waals surface area (Å²) in [4.78, 5) is 0. The number of alkyl halides is 5. The van der Waals surface area contributed by atoms with Crippen LogP contribution in [0, 0.1) is 0 Å². The van der Waals surface area contributed by atoms with Crippen molar-refractivity contribution in [2.24, 2.45) is 0 Å². The summed E-state index contributed by atoms with van der Waals surface area (Å²) >= 11 is 0. The molecule has 1 aliphatic rings. The molecule has 2 rings (SSSR count). The molecule has 0 aliphatic heterocycles. The predicted octanol–water partition coefficient (Wildman–Crippen LogP) is 3.63. The van der Waals surface area contributed by atoms with Gasteiger partial charge in [-0.25, -0.2) is 8.78 Å². The Morgan fingerprint density at radius 1 is 1.17 bits per heavy atom. The smallest absolute Gasteiger partial charge is 0.373 e. The van der Waals surface area contributed by atoms with Crippen molar-refractivity contribution in [1.82, 2.24) is 0 Å². The first kappa shape index (κ1) is 19.1. The van der Waals surface area contributed by atoms with Crippen molar-refractivity contribution < 1.29 is 39.3 Å². The lowest BCUT2D eigenvalue weighted by Crippen LogP contribution is -2.46. The lowest BCUT2D eigenvalue weighted by Gasteiger charge is -2.35. The van der Waals surface area contributed by atoms with Crippen LogP contribution in [0.5, 0.6) is 0 Å². The molecule has 0 bridgehead atoms. The Morgan fingerprint density at radius 3 is 2.38 bits per heavy atom. The largest absolute Gasteiger partial charge is 0.523 e. The van der Waals surface area contributed by atoms with Gasteiger partial charge in [0.25, 0.3) is 5.92 Å². The average molecular weight is 374 g/mol. The number of hydrogen-bond acceptors (Lipinski definition) is 4. The predicted molar refractivity (Wildman–Crippen MR) is 73.7 cm³/mol. The van der Waals surface area contributed by atoms with E-state index in [0.717, 1.165) is 5.56 Å². The Morgan fingerprint density at radius 2 is 1.79 bits per heavy atom. The fourth-order valence-electron chi connectivity index (χ4n) is 2.30. The zero-order valence-electron chi connectivity index (χ0n) is 12.3. The summed E-state index contributed by atoms with van der Waals surface area (Å²) < 4.78 is 95.5. The van der Waals surface area contributed by atoms with Gasteiger partial charge in [-0.05, 0) is 12.0 Å². The van der Waals surface area contributed by atoms with Gasteiger partial charge in [-0.1, -0.05) is 30.3 Å². The maximum atomic E-state index is 13.7. The summed E-state index contributed by atoms with van der Waals surface area (Å²) in [5.74, 6) is -3.68. The van der Waals surface area contributed by atoms with E-state index in [4.69, 9.17) is 4.74 Å². The minimum atomic E-state index is -6.09. The fourth-order valence-corrected chi connectivity index (χ4v) is 2.93. The third-order valence-corrected chi connectivity index (χ3v) is 4.66. The first-order chi connectivity index (χ1) is 11.0. The van der Waals surface area contributed by atoms with E-state index in [-0.39, 0.29) is 13.0 Å². The van der Waals surface area contributed by atoms with E-state index in [9.17, 15) is 30.4 Å². The van der Waals surface area contributed by atoms with Crippen molar-refractivity contribution in [3.05, 3.63) is 35.9 Å². The van der Waals surface area contributed by atoms with Crippen molar-refractivity contribution >= 4 is 10.1 Å². The second-order valence-corrected chi connectivity index (χ2v) is 7.00. The van der Waals surface area contributed by atoms with E-state index in [1.807, 2.05) is 0 Å². The van der Waals surface area contributed by atoms with Crippen molar-refractivity contribution in [3.63, 3.8) is 0 Å². The van der Waals surface area contributed by atoms with Crippen molar-refractivity contribution in [2.75, 3.05) is 0 Å². The Labute approximate surface area is 135 Å². The normalized spacial score (nSPS) is 24.7. The van der Waals surface area contributed by atoms with Crippen LogP contribution >= 0.6 is 0 Å². The number of benzene rings is 1. The minimum absolute atomic E-state index is 0.0792. The highest BCUT2D eigenvalue weighted by atomic mass is 32.2. The van der Waals surface area contributed by atoms with E-state index in [1.165, 1.54) is 0 Å².